The van der Waals surface area contributed by atoms with Crippen molar-refractivity contribution < 1.29 is 14.6 Å². The standard InChI is InChI=1S/C15H19N3O3S/c1-10-11(4-7-21-10)15(20)16-14-9-12(13-3-2-8-22-13)17-18(14)5-6-19/h2-3,8-11,19H,4-7H2,1H3,(H,16,20). The molecule has 3 heterocycles. The van der Waals surface area contributed by atoms with Gasteiger partial charge in [-0.2, -0.15) is 5.10 Å². The van der Waals surface area contributed by atoms with E-state index in [0.717, 1.165) is 17.0 Å². The molecule has 6 nitrogen and oxygen atoms in total. The van der Waals surface area contributed by atoms with E-state index in [9.17, 15) is 9.90 Å². The minimum atomic E-state index is -0.136. The molecular weight excluding hydrogens is 302 g/mol. The third-order valence-electron chi connectivity index (χ3n) is 3.83. The molecule has 3 rings (SSSR count). The van der Waals surface area contributed by atoms with Crippen molar-refractivity contribution in [3.63, 3.8) is 0 Å². The van der Waals surface area contributed by atoms with Gasteiger partial charge in [0.25, 0.3) is 0 Å². The Morgan fingerprint density at radius 3 is 3.14 bits per heavy atom. The normalized spacial score (nSPS) is 21.2. The molecule has 0 saturated carbocycles. The van der Waals surface area contributed by atoms with Gasteiger partial charge in [-0.15, -0.1) is 11.3 Å². The highest BCUT2D eigenvalue weighted by molar-refractivity contribution is 7.13. The molecule has 0 radical (unpaired) electrons. The summed E-state index contributed by atoms with van der Waals surface area (Å²) in [7, 11) is 0. The third kappa shape index (κ3) is 3.06. The number of thiophene rings is 1. The summed E-state index contributed by atoms with van der Waals surface area (Å²) < 4.78 is 7.08. The molecule has 2 atom stereocenters. The summed E-state index contributed by atoms with van der Waals surface area (Å²) in [5.74, 6) is 0.422. The molecule has 2 aromatic heterocycles. The number of hydrogen-bond donors (Lipinski definition) is 2. The molecule has 22 heavy (non-hydrogen) atoms. The first-order valence-electron chi connectivity index (χ1n) is 7.34. The first-order valence-corrected chi connectivity index (χ1v) is 8.22. The lowest BCUT2D eigenvalue weighted by molar-refractivity contribution is -0.121. The lowest BCUT2D eigenvalue weighted by Gasteiger charge is -2.14. The lowest BCUT2D eigenvalue weighted by Crippen LogP contribution is -2.28. The fraction of sp³-hybridized carbons (Fsp3) is 0.467. The van der Waals surface area contributed by atoms with Crippen LogP contribution in [0.4, 0.5) is 5.82 Å². The molecule has 0 aliphatic carbocycles. The Morgan fingerprint density at radius 2 is 2.50 bits per heavy atom. The monoisotopic (exact) mass is 321 g/mol. The van der Waals surface area contributed by atoms with Gasteiger partial charge in [0, 0.05) is 12.7 Å². The van der Waals surface area contributed by atoms with E-state index < -0.39 is 0 Å². The van der Waals surface area contributed by atoms with Crippen LogP contribution in [0.1, 0.15) is 13.3 Å². The summed E-state index contributed by atoms with van der Waals surface area (Å²) in [5, 5.41) is 18.6. The number of nitrogens with one attached hydrogen (secondary N) is 1. The van der Waals surface area contributed by atoms with Crippen LogP contribution in [0.25, 0.3) is 10.6 Å². The van der Waals surface area contributed by atoms with E-state index in [4.69, 9.17) is 4.74 Å². The van der Waals surface area contributed by atoms with Crippen LogP contribution in [0.15, 0.2) is 23.6 Å². The second kappa shape index (κ2) is 6.60. The number of aromatic nitrogens is 2. The number of anilines is 1. The van der Waals surface area contributed by atoms with Gasteiger partial charge >= 0.3 is 0 Å². The SMILES string of the molecule is CC1OCCC1C(=O)Nc1cc(-c2cccs2)nn1CCO. The van der Waals surface area contributed by atoms with Gasteiger partial charge in [0.05, 0.1) is 30.1 Å². The Balaban J connectivity index is 1.81. The summed E-state index contributed by atoms with van der Waals surface area (Å²) in [6.45, 7) is 2.85. The number of nitrogens with zero attached hydrogens (tertiary/aromatic N) is 2. The van der Waals surface area contributed by atoms with Gasteiger partial charge in [-0.05, 0) is 24.8 Å². The number of aliphatic hydroxyl groups is 1. The third-order valence-corrected chi connectivity index (χ3v) is 4.72. The quantitative estimate of drug-likeness (QED) is 0.883. The van der Waals surface area contributed by atoms with Crippen molar-refractivity contribution in [3.05, 3.63) is 23.6 Å². The maximum Gasteiger partial charge on any atom is 0.231 e. The summed E-state index contributed by atoms with van der Waals surface area (Å²) in [4.78, 5) is 13.4. The van der Waals surface area contributed by atoms with Crippen molar-refractivity contribution in [1.29, 1.82) is 0 Å². The number of carbonyl (C=O) groups is 1. The largest absolute Gasteiger partial charge is 0.394 e. The minimum absolute atomic E-state index is 0.0304. The second-order valence-electron chi connectivity index (χ2n) is 5.30. The van der Waals surface area contributed by atoms with Crippen LogP contribution in [-0.4, -0.2) is 40.1 Å². The zero-order valence-corrected chi connectivity index (χ0v) is 13.2. The van der Waals surface area contributed by atoms with Crippen LogP contribution in [-0.2, 0) is 16.1 Å². The Morgan fingerprint density at radius 1 is 1.64 bits per heavy atom. The molecule has 2 aromatic rings. The maximum absolute atomic E-state index is 12.4. The van der Waals surface area contributed by atoms with E-state index >= 15 is 0 Å². The van der Waals surface area contributed by atoms with Crippen LogP contribution in [0, 0.1) is 5.92 Å². The van der Waals surface area contributed by atoms with E-state index in [1.807, 2.05) is 30.5 Å². The van der Waals surface area contributed by atoms with Crippen molar-refractivity contribution in [3.8, 4) is 10.6 Å². The topological polar surface area (TPSA) is 76.4 Å². The molecule has 1 aliphatic heterocycles. The number of rotatable bonds is 5. The molecule has 0 aromatic carbocycles. The van der Waals surface area contributed by atoms with Crippen molar-refractivity contribution in [2.75, 3.05) is 18.5 Å². The van der Waals surface area contributed by atoms with Crippen molar-refractivity contribution in [1.82, 2.24) is 9.78 Å². The smallest absolute Gasteiger partial charge is 0.231 e. The Labute approximate surface area is 132 Å². The zero-order chi connectivity index (χ0) is 15.5. The Bertz CT molecular complexity index is 639. The molecule has 0 bridgehead atoms. The number of aliphatic hydroxyl groups excluding tert-OH is 1. The average molecular weight is 321 g/mol. The molecule has 2 unspecified atom stereocenters. The van der Waals surface area contributed by atoms with Gasteiger partial charge < -0.3 is 15.2 Å². The van der Waals surface area contributed by atoms with Crippen molar-refractivity contribution >= 4 is 23.1 Å². The number of ether oxygens (including phenoxy) is 1. The molecule has 2 N–H and O–H groups in total. The van der Waals surface area contributed by atoms with Gasteiger partial charge in [-0.1, -0.05) is 6.07 Å². The maximum atomic E-state index is 12.4. The highest BCUT2D eigenvalue weighted by Crippen LogP contribution is 2.27. The molecule has 1 amide bonds. The molecule has 1 saturated heterocycles. The first-order chi connectivity index (χ1) is 10.7. The van der Waals surface area contributed by atoms with Gasteiger partial charge in [0.15, 0.2) is 0 Å². The molecule has 118 valence electrons. The Kier molecular flexibility index (Phi) is 4.56. The van der Waals surface area contributed by atoms with Gasteiger partial charge in [-0.25, -0.2) is 4.68 Å². The lowest BCUT2D eigenvalue weighted by atomic mass is 10.0. The summed E-state index contributed by atoms with van der Waals surface area (Å²) in [6, 6.07) is 5.79. The highest BCUT2D eigenvalue weighted by Gasteiger charge is 2.31. The van der Waals surface area contributed by atoms with E-state index in [-0.39, 0.29) is 24.5 Å². The predicted molar refractivity (Wildman–Crippen MR) is 84.8 cm³/mol. The van der Waals surface area contributed by atoms with Gasteiger partial charge in [0.1, 0.15) is 11.5 Å². The summed E-state index contributed by atoms with van der Waals surface area (Å²) in [5.41, 5.74) is 0.800. The van der Waals surface area contributed by atoms with E-state index in [0.29, 0.717) is 19.0 Å². The fourth-order valence-electron chi connectivity index (χ4n) is 2.62. The van der Waals surface area contributed by atoms with Crippen molar-refractivity contribution in [2.45, 2.75) is 26.0 Å². The van der Waals surface area contributed by atoms with E-state index in [2.05, 4.69) is 10.4 Å². The fourth-order valence-corrected chi connectivity index (χ4v) is 3.30. The Hall–Kier alpha value is -1.70. The van der Waals surface area contributed by atoms with Crippen LogP contribution >= 0.6 is 11.3 Å². The molecular formula is C15H19N3O3S. The van der Waals surface area contributed by atoms with Gasteiger partial charge in [0.2, 0.25) is 5.91 Å². The van der Waals surface area contributed by atoms with Crippen LogP contribution in [0.5, 0.6) is 0 Å². The minimum Gasteiger partial charge on any atom is -0.394 e. The summed E-state index contributed by atoms with van der Waals surface area (Å²) >= 11 is 1.59. The molecule has 1 fully saturated rings. The first kappa shape index (κ1) is 15.2. The number of hydrogen-bond acceptors (Lipinski definition) is 5. The highest BCUT2D eigenvalue weighted by atomic mass is 32.1. The molecule has 7 heteroatoms. The van der Waals surface area contributed by atoms with Crippen LogP contribution in [0.2, 0.25) is 0 Å². The van der Waals surface area contributed by atoms with Crippen LogP contribution in [0.3, 0.4) is 0 Å². The predicted octanol–water partition coefficient (Wildman–Crippen LogP) is 1.97. The average Bonchev–Trinajstić information content (AvgIpc) is 3.20. The summed E-state index contributed by atoms with van der Waals surface area (Å²) in [6.07, 6.45) is 0.671. The van der Waals surface area contributed by atoms with E-state index in [1.54, 1.807) is 16.0 Å². The number of amides is 1. The molecule has 0 spiro atoms. The molecule has 1 aliphatic rings. The zero-order valence-electron chi connectivity index (χ0n) is 12.4. The second-order valence-corrected chi connectivity index (χ2v) is 6.25. The van der Waals surface area contributed by atoms with Crippen LogP contribution < -0.4 is 5.32 Å². The van der Waals surface area contributed by atoms with E-state index in [1.165, 1.54) is 0 Å². The van der Waals surface area contributed by atoms with Gasteiger partial charge in [-0.3, -0.25) is 4.79 Å². The number of carbonyl (C=O) groups excluding carboxylic acids is 1. The van der Waals surface area contributed by atoms with Crippen molar-refractivity contribution in [2.24, 2.45) is 5.92 Å².